The summed E-state index contributed by atoms with van der Waals surface area (Å²) in [6.07, 6.45) is 5.43. The average molecular weight is 317 g/mol. The Kier molecular flexibility index (Phi) is 4.78. The predicted molar refractivity (Wildman–Crippen MR) is 86.7 cm³/mol. The zero-order chi connectivity index (χ0) is 16.2. The molecule has 3 heterocycles. The van der Waals surface area contributed by atoms with Gasteiger partial charge in [-0.15, -0.1) is 0 Å². The van der Waals surface area contributed by atoms with Crippen molar-refractivity contribution in [3.8, 4) is 5.82 Å². The number of nitrogens with zero attached hydrogens (tertiary/aromatic N) is 4. The van der Waals surface area contributed by atoms with Crippen molar-refractivity contribution in [2.45, 2.75) is 13.0 Å². The number of nitrogens with one attached hydrogen (secondary N) is 1. The van der Waals surface area contributed by atoms with E-state index in [2.05, 4.69) is 15.3 Å². The van der Waals surface area contributed by atoms with Gasteiger partial charge in [-0.2, -0.15) is 5.10 Å². The maximum absolute atomic E-state index is 12.6. The van der Waals surface area contributed by atoms with Gasteiger partial charge in [0.2, 0.25) is 0 Å². The van der Waals surface area contributed by atoms with Crippen LogP contribution in [0.5, 0.6) is 0 Å². The van der Waals surface area contributed by atoms with Crippen LogP contribution in [0.1, 0.15) is 17.3 Å². The number of amides is 1. The second kappa shape index (κ2) is 6.97. The number of aryl methyl sites for hydroxylation is 1. The second-order valence-corrected chi connectivity index (χ2v) is 5.88. The van der Waals surface area contributed by atoms with E-state index in [1.165, 1.54) is 0 Å². The van der Waals surface area contributed by atoms with Crippen molar-refractivity contribution in [3.05, 3.63) is 36.3 Å². The van der Waals surface area contributed by atoms with Gasteiger partial charge in [0.1, 0.15) is 11.4 Å². The van der Waals surface area contributed by atoms with Crippen molar-refractivity contribution in [1.29, 1.82) is 0 Å². The van der Waals surface area contributed by atoms with Gasteiger partial charge in [0, 0.05) is 45.1 Å². The minimum Gasteiger partial charge on any atom is -0.379 e. The molecule has 23 heavy (non-hydrogen) atoms. The minimum absolute atomic E-state index is 0.0679. The number of rotatable bonds is 5. The lowest BCUT2D eigenvalue weighted by atomic mass is 10.2. The fraction of sp³-hybridized carbons (Fsp3) is 0.500. The predicted octanol–water partition coefficient (Wildman–Crippen LogP) is 0.661. The summed E-state index contributed by atoms with van der Waals surface area (Å²) in [5.74, 6) is 0.675. The van der Waals surface area contributed by atoms with Crippen LogP contribution in [-0.2, 0) is 11.8 Å². The normalized spacial score (nSPS) is 17.1. The molecule has 0 saturated carbocycles. The molecule has 1 fully saturated rings. The van der Waals surface area contributed by atoms with E-state index in [0.717, 1.165) is 38.7 Å². The van der Waals surface area contributed by atoms with Crippen LogP contribution in [0.3, 0.4) is 0 Å². The summed E-state index contributed by atoms with van der Waals surface area (Å²) in [6.45, 7) is 6.22. The van der Waals surface area contributed by atoms with E-state index in [-0.39, 0.29) is 11.9 Å². The molecule has 7 heteroatoms. The van der Waals surface area contributed by atoms with Crippen LogP contribution >= 0.6 is 0 Å². The van der Waals surface area contributed by atoms with Gasteiger partial charge in [-0.25, -0.2) is 0 Å². The van der Waals surface area contributed by atoms with Gasteiger partial charge in [-0.1, -0.05) is 0 Å². The van der Waals surface area contributed by atoms with Crippen LogP contribution in [0, 0.1) is 0 Å². The zero-order valence-electron chi connectivity index (χ0n) is 13.6. The molecular formula is C16H23N5O2. The lowest BCUT2D eigenvalue weighted by Gasteiger charge is -2.29. The number of hydrogen-bond donors (Lipinski definition) is 1. The lowest BCUT2D eigenvalue weighted by molar-refractivity contribution is 0.0342. The summed E-state index contributed by atoms with van der Waals surface area (Å²) in [5.41, 5.74) is 0.581. The van der Waals surface area contributed by atoms with Crippen molar-refractivity contribution in [3.63, 3.8) is 0 Å². The number of aromatic nitrogens is 3. The zero-order valence-corrected chi connectivity index (χ0v) is 13.6. The first-order valence-corrected chi connectivity index (χ1v) is 7.91. The first kappa shape index (κ1) is 15.8. The molecule has 1 atom stereocenters. The monoisotopic (exact) mass is 317 g/mol. The maximum atomic E-state index is 12.6. The molecule has 1 aliphatic rings. The molecule has 0 radical (unpaired) electrons. The molecule has 1 amide bonds. The Balaban J connectivity index is 1.66. The Hall–Kier alpha value is -2.12. The van der Waals surface area contributed by atoms with Gasteiger partial charge in [0.25, 0.3) is 5.91 Å². The van der Waals surface area contributed by atoms with Gasteiger partial charge in [-0.05, 0) is 19.1 Å². The van der Waals surface area contributed by atoms with Crippen molar-refractivity contribution in [2.24, 2.45) is 7.05 Å². The van der Waals surface area contributed by atoms with E-state index in [0.29, 0.717) is 5.56 Å². The number of ether oxygens (including phenoxy) is 1. The third kappa shape index (κ3) is 3.62. The highest BCUT2D eigenvalue weighted by molar-refractivity contribution is 5.97. The summed E-state index contributed by atoms with van der Waals surface area (Å²) < 4.78 is 8.96. The quantitative estimate of drug-likeness (QED) is 0.880. The number of carbonyl (C=O) groups is 1. The number of hydrogen-bond acceptors (Lipinski definition) is 4. The highest BCUT2D eigenvalue weighted by atomic mass is 16.5. The number of carbonyl (C=O) groups excluding carboxylic acids is 1. The Bertz CT molecular complexity index is 643. The fourth-order valence-corrected chi connectivity index (χ4v) is 2.89. The Morgan fingerprint density at radius 3 is 2.74 bits per heavy atom. The summed E-state index contributed by atoms with van der Waals surface area (Å²) >= 11 is 0. The van der Waals surface area contributed by atoms with Gasteiger partial charge in [0.15, 0.2) is 0 Å². The van der Waals surface area contributed by atoms with E-state index in [4.69, 9.17) is 4.74 Å². The van der Waals surface area contributed by atoms with E-state index in [1.54, 1.807) is 10.9 Å². The first-order chi connectivity index (χ1) is 11.1. The Morgan fingerprint density at radius 2 is 2.04 bits per heavy atom. The molecule has 1 N–H and O–H groups in total. The van der Waals surface area contributed by atoms with Crippen molar-refractivity contribution >= 4 is 5.91 Å². The van der Waals surface area contributed by atoms with Gasteiger partial charge in [0.05, 0.1) is 19.4 Å². The van der Waals surface area contributed by atoms with Crippen molar-refractivity contribution < 1.29 is 9.53 Å². The molecule has 1 aliphatic heterocycles. The molecule has 0 unspecified atom stereocenters. The molecule has 124 valence electrons. The van der Waals surface area contributed by atoms with Gasteiger partial charge >= 0.3 is 0 Å². The molecule has 1 saturated heterocycles. The Morgan fingerprint density at radius 1 is 1.35 bits per heavy atom. The molecule has 2 aromatic rings. The second-order valence-electron chi connectivity index (χ2n) is 5.88. The highest BCUT2D eigenvalue weighted by Crippen LogP contribution is 2.14. The SMILES string of the molecule is C[C@H](CN1CCOCC1)NC(=O)c1cnn(C)c1-n1cccc1. The van der Waals surface area contributed by atoms with E-state index >= 15 is 0 Å². The van der Waals surface area contributed by atoms with Crippen LogP contribution in [-0.4, -0.2) is 64.0 Å². The van der Waals surface area contributed by atoms with Crippen molar-refractivity contribution in [1.82, 2.24) is 24.6 Å². The molecule has 0 spiro atoms. The maximum Gasteiger partial charge on any atom is 0.256 e. The van der Waals surface area contributed by atoms with E-state index < -0.39 is 0 Å². The fourth-order valence-electron chi connectivity index (χ4n) is 2.89. The molecule has 3 rings (SSSR count). The van der Waals surface area contributed by atoms with Crippen LogP contribution in [0.2, 0.25) is 0 Å². The smallest absolute Gasteiger partial charge is 0.256 e. The summed E-state index contributed by atoms with van der Waals surface area (Å²) in [5, 5.41) is 7.30. The van der Waals surface area contributed by atoms with Crippen LogP contribution in [0.15, 0.2) is 30.7 Å². The topological polar surface area (TPSA) is 64.3 Å². The molecular weight excluding hydrogens is 294 g/mol. The standard InChI is InChI=1S/C16H23N5O2/c1-13(12-20-7-9-23-10-8-20)18-15(22)14-11-17-19(2)16(14)21-5-3-4-6-21/h3-6,11,13H,7-10,12H2,1-2H3,(H,18,22)/t13-/m1/s1. The molecule has 2 aromatic heterocycles. The summed E-state index contributed by atoms with van der Waals surface area (Å²) in [7, 11) is 1.84. The lowest BCUT2D eigenvalue weighted by Crippen LogP contribution is -2.46. The van der Waals surface area contributed by atoms with Crippen LogP contribution in [0.25, 0.3) is 5.82 Å². The third-order valence-electron chi connectivity index (χ3n) is 4.01. The summed E-state index contributed by atoms with van der Waals surface area (Å²) in [6, 6.07) is 3.92. The van der Waals surface area contributed by atoms with Crippen LogP contribution < -0.4 is 5.32 Å². The average Bonchev–Trinajstić information content (AvgIpc) is 3.17. The largest absolute Gasteiger partial charge is 0.379 e. The van der Waals surface area contributed by atoms with Gasteiger partial charge in [-0.3, -0.25) is 14.4 Å². The minimum atomic E-state index is -0.0949. The van der Waals surface area contributed by atoms with E-state index in [1.807, 2.05) is 43.1 Å². The van der Waals surface area contributed by atoms with E-state index in [9.17, 15) is 4.79 Å². The number of morpholine rings is 1. The Labute approximate surface area is 135 Å². The molecule has 7 nitrogen and oxygen atoms in total. The van der Waals surface area contributed by atoms with Gasteiger partial charge < -0.3 is 14.6 Å². The highest BCUT2D eigenvalue weighted by Gasteiger charge is 2.20. The first-order valence-electron chi connectivity index (χ1n) is 7.91. The van der Waals surface area contributed by atoms with Crippen LogP contribution in [0.4, 0.5) is 0 Å². The summed E-state index contributed by atoms with van der Waals surface area (Å²) in [4.78, 5) is 14.9. The molecule has 0 aromatic carbocycles. The molecule has 0 bridgehead atoms. The third-order valence-corrected chi connectivity index (χ3v) is 4.01. The molecule has 0 aliphatic carbocycles. The van der Waals surface area contributed by atoms with Crippen molar-refractivity contribution in [2.75, 3.05) is 32.8 Å².